The highest BCUT2D eigenvalue weighted by atomic mass is 35.5. The number of hydrogen-bond donors (Lipinski definition) is 1. The number of halogens is 1. The van der Waals surface area contributed by atoms with Gasteiger partial charge in [0, 0.05) is 37.0 Å². The first-order valence-electron chi connectivity index (χ1n) is 7.20. The number of nitriles is 1. The Kier molecular flexibility index (Phi) is 3.88. The second kappa shape index (κ2) is 5.67. The molecule has 1 saturated heterocycles. The van der Waals surface area contributed by atoms with Crippen molar-refractivity contribution >= 4 is 17.5 Å². The molecule has 0 spiro atoms. The topological polar surface area (TPSA) is 62.1 Å². The van der Waals surface area contributed by atoms with Crippen molar-refractivity contribution in [2.24, 2.45) is 5.92 Å². The SMILES string of the molecule is N#CC1(NC(=O)[C@@H]2C[C@@H]2c2ccc(Cl)cc2)CCOCC1. The van der Waals surface area contributed by atoms with Crippen molar-refractivity contribution in [3.05, 3.63) is 34.9 Å². The Morgan fingerprint density at radius 3 is 2.62 bits per heavy atom. The summed E-state index contributed by atoms with van der Waals surface area (Å²) in [5, 5.41) is 13.0. The molecule has 0 radical (unpaired) electrons. The molecule has 0 aromatic heterocycles. The van der Waals surface area contributed by atoms with Crippen LogP contribution in [0.2, 0.25) is 5.02 Å². The van der Waals surface area contributed by atoms with Crippen LogP contribution in [0.4, 0.5) is 0 Å². The van der Waals surface area contributed by atoms with E-state index in [0.29, 0.717) is 31.1 Å². The van der Waals surface area contributed by atoms with Crippen LogP contribution in [0.5, 0.6) is 0 Å². The van der Waals surface area contributed by atoms with E-state index in [0.717, 1.165) is 12.0 Å². The zero-order chi connectivity index (χ0) is 14.9. The highest BCUT2D eigenvalue weighted by molar-refractivity contribution is 6.30. The number of hydrogen-bond acceptors (Lipinski definition) is 3. The van der Waals surface area contributed by atoms with Crippen molar-refractivity contribution in [3.63, 3.8) is 0 Å². The van der Waals surface area contributed by atoms with E-state index >= 15 is 0 Å². The van der Waals surface area contributed by atoms with Gasteiger partial charge in [-0.2, -0.15) is 5.26 Å². The fourth-order valence-corrected chi connectivity index (χ4v) is 3.00. The molecule has 1 aliphatic heterocycles. The molecular formula is C16H17ClN2O2. The van der Waals surface area contributed by atoms with Gasteiger partial charge in [0.2, 0.25) is 5.91 Å². The largest absolute Gasteiger partial charge is 0.381 e. The molecule has 0 unspecified atom stereocenters. The molecule has 21 heavy (non-hydrogen) atoms. The smallest absolute Gasteiger partial charge is 0.224 e. The summed E-state index contributed by atoms with van der Waals surface area (Å²) in [5.41, 5.74) is 0.389. The third kappa shape index (κ3) is 3.04. The first kappa shape index (κ1) is 14.4. The second-order valence-electron chi connectivity index (χ2n) is 5.80. The second-order valence-corrected chi connectivity index (χ2v) is 6.23. The number of amides is 1. The third-order valence-corrected chi connectivity index (χ3v) is 4.60. The summed E-state index contributed by atoms with van der Waals surface area (Å²) in [5.74, 6) is 0.204. The third-order valence-electron chi connectivity index (χ3n) is 4.35. The number of nitrogens with one attached hydrogen (secondary N) is 1. The molecule has 1 amide bonds. The number of ether oxygens (including phenoxy) is 1. The van der Waals surface area contributed by atoms with Crippen molar-refractivity contribution in [1.29, 1.82) is 5.26 Å². The van der Waals surface area contributed by atoms with Crippen LogP contribution in [0.1, 0.15) is 30.7 Å². The van der Waals surface area contributed by atoms with Gasteiger partial charge in [-0.1, -0.05) is 23.7 Å². The lowest BCUT2D eigenvalue weighted by Crippen LogP contribution is -2.51. The molecule has 3 rings (SSSR count). The predicted octanol–water partition coefficient (Wildman–Crippen LogP) is 2.63. The van der Waals surface area contributed by atoms with Gasteiger partial charge in [-0.05, 0) is 30.0 Å². The van der Waals surface area contributed by atoms with Crippen molar-refractivity contribution in [3.8, 4) is 6.07 Å². The molecule has 1 aliphatic carbocycles. The maximum absolute atomic E-state index is 12.4. The average Bonchev–Trinajstić information content (AvgIpc) is 3.29. The molecule has 4 nitrogen and oxygen atoms in total. The Hall–Kier alpha value is -1.57. The average molecular weight is 305 g/mol. The van der Waals surface area contributed by atoms with Gasteiger partial charge in [0.05, 0.1) is 6.07 Å². The van der Waals surface area contributed by atoms with Gasteiger partial charge >= 0.3 is 0 Å². The minimum Gasteiger partial charge on any atom is -0.381 e. The number of nitrogens with zero attached hydrogens (tertiary/aromatic N) is 1. The van der Waals surface area contributed by atoms with Crippen LogP contribution >= 0.6 is 11.6 Å². The highest BCUT2D eigenvalue weighted by Crippen LogP contribution is 2.48. The molecule has 2 fully saturated rings. The van der Waals surface area contributed by atoms with Gasteiger partial charge in [0.15, 0.2) is 0 Å². The predicted molar refractivity (Wildman–Crippen MR) is 78.8 cm³/mol. The summed E-state index contributed by atoms with van der Waals surface area (Å²) >= 11 is 5.87. The van der Waals surface area contributed by atoms with Crippen LogP contribution in [0, 0.1) is 17.2 Å². The Balaban J connectivity index is 1.62. The maximum atomic E-state index is 12.4. The quantitative estimate of drug-likeness (QED) is 0.933. The summed E-state index contributed by atoms with van der Waals surface area (Å²) < 4.78 is 5.27. The molecule has 1 aromatic carbocycles. The maximum Gasteiger partial charge on any atom is 0.224 e. The Morgan fingerprint density at radius 2 is 2.00 bits per heavy atom. The summed E-state index contributed by atoms with van der Waals surface area (Å²) in [6, 6.07) is 9.89. The highest BCUT2D eigenvalue weighted by Gasteiger charge is 2.46. The molecule has 2 aliphatic rings. The molecule has 110 valence electrons. The number of carbonyl (C=O) groups is 1. The fourth-order valence-electron chi connectivity index (χ4n) is 2.88. The van der Waals surface area contributed by atoms with Crippen LogP contribution in [0.15, 0.2) is 24.3 Å². The first-order chi connectivity index (χ1) is 10.1. The number of benzene rings is 1. The molecule has 1 N–H and O–H groups in total. The van der Waals surface area contributed by atoms with Crippen LogP contribution in [-0.4, -0.2) is 24.7 Å². The van der Waals surface area contributed by atoms with Crippen LogP contribution in [-0.2, 0) is 9.53 Å². The lowest BCUT2D eigenvalue weighted by molar-refractivity contribution is -0.124. The van der Waals surface area contributed by atoms with Gasteiger partial charge in [-0.3, -0.25) is 4.79 Å². The normalized spacial score (nSPS) is 26.7. The van der Waals surface area contributed by atoms with Crippen molar-refractivity contribution in [2.75, 3.05) is 13.2 Å². The molecular weight excluding hydrogens is 288 g/mol. The van der Waals surface area contributed by atoms with E-state index in [1.54, 1.807) is 0 Å². The van der Waals surface area contributed by atoms with Gasteiger partial charge in [-0.25, -0.2) is 0 Å². The van der Waals surface area contributed by atoms with Gasteiger partial charge in [0.25, 0.3) is 0 Å². The summed E-state index contributed by atoms with van der Waals surface area (Å²) in [6.45, 7) is 1.05. The van der Waals surface area contributed by atoms with E-state index in [1.807, 2.05) is 24.3 Å². The molecule has 1 aromatic rings. The van der Waals surface area contributed by atoms with Crippen molar-refractivity contribution in [2.45, 2.75) is 30.7 Å². The monoisotopic (exact) mass is 304 g/mol. The Bertz CT molecular complexity index is 573. The molecule has 5 heteroatoms. The zero-order valence-corrected chi connectivity index (χ0v) is 12.4. The van der Waals surface area contributed by atoms with E-state index in [1.165, 1.54) is 0 Å². The van der Waals surface area contributed by atoms with Gasteiger partial charge in [0.1, 0.15) is 5.54 Å². The summed E-state index contributed by atoms with van der Waals surface area (Å²) in [7, 11) is 0. The van der Waals surface area contributed by atoms with E-state index in [2.05, 4.69) is 11.4 Å². The molecule has 1 heterocycles. The van der Waals surface area contributed by atoms with E-state index in [9.17, 15) is 10.1 Å². The summed E-state index contributed by atoms with van der Waals surface area (Å²) in [4.78, 5) is 12.4. The lowest BCUT2D eigenvalue weighted by atomic mass is 9.91. The first-order valence-corrected chi connectivity index (χ1v) is 7.58. The number of carbonyl (C=O) groups excluding carboxylic acids is 1. The van der Waals surface area contributed by atoms with E-state index in [-0.39, 0.29) is 17.7 Å². The van der Waals surface area contributed by atoms with E-state index in [4.69, 9.17) is 16.3 Å². The molecule has 1 saturated carbocycles. The lowest BCUT2D eigenvalue weighted by Gasteiger charge is -2.31. The van der Waals surface area contributed by atoms with Crippen molar-refractivity contribution in [1.82, 2.24) is 5.32 Å². The van der Waals surface area contributed by atoms with Crippen LogP contribution < -0.4 is 5.32 Å². The van der Waals surface area contributed by atoms with Gasteiger partial charge < -0.3 is 10.1 Å². The van der Waals surface area contributed by atoms with Crippen LogP contribution in [0.3, 0.4) is 0 Å². The minimum atomic E-state index is -0.748. The van der Waals surface area contributed by atoms with Gasteiger partial charge in [-0.15, -0.1) is 0 Å². The van der Waals surface area contributed by atoms with E-state index < -0.39 is 5.54 Å². The number of rotatable bonds is 3. The Morgan fingerprint density at radius 1 is 1.33 bits per heavy atom. The minimum absolute atomic E-state index is 0.0154. The zero-order valence-electron chi connectivity index (χ0n) is 11.6. The molecule has 0 bridgehead atoms. The summed E-state index contributed by atoms with van der Waals surface area (Å²) in [6.07, 6.45) is 1.96. The van der Waals surface area contributed by atoms with Crippen molar-refractivity contribution < 1.29 is 9.53 Å². The fraction of sp³-hybridized carbons (Fsp3) is 0.500. The Labute approximate surface area is 129 Å². The standard InChI is InChI=1S/C16H17ClN2O2/c17-12-3-1-11(2-4-12)13-9-14(13)15(20)19-16(10-18)5-7-21-8-6-16/h1-4,13-14H,5-9H2,(H,19,20)/t13-,14-/m1/s1. The van der Waals surface area contributed by atoms with Crippen LogP contribution in [0.25, 0.3) is 0 Å². The molecule has 2 atom stereocenters.